The summed E-state index contributed by atoms with van der Waals surface area (Å²) in [5.41, 5.74) is 3.95. The third kappa shape index (κ3) is 1.76. The maximum Gasteiger partial charge on any atom is 0.139 e. The van der Waals surface area contributed by atoms with Crippen molar-refractivity contribution < 1.29 is 0 Å². The molecule has 1 aromatic heterocycles. The molecule has 0 saturated heterocycles. The molecule has 3 aromatic carbocycles. The van der Waals surface area contributed by atoms with Crippen LogP contribution in [0, 0.1) is 0 Å². The van der Waals surface area contributed by atoms with Crippen LogP contribution < -0.4 is 5.46 Å². The third-order valence-electron chi connectivity index (χ3n) is 3.74. The molecule has 4 aromatic rings. The summed E-state index contributed by atoms with van der Waals surface area (Å²) in [5.74, 6) is 0. The van der Waals surface area contributed by atoms with Gasteiger partial charge in [-0.3, -0.25) is 0 Å². The molecule has 0 radical (unpaired) electrons. The van der Waals surface area contributed by atoms with Gasteiger partial charge in [-0.15, -0.1) is 11.3 Å². The lowest BCUT2D eigenvalue weighted by Crippen LogP contribution is -1.98. The van der Waals surface area contributed by atoms with Crippen molar-refractivity contribution in [1.82, 2.24) is 0 Å². The van der Waals surface area contributed by atoms with Gasteiger partial charge in [-0.2, -0.15) is 0 Å². The first-order valence-corrected chi connectivity index (χ1v) is 7.62. The number of fused-ring (bicyclic) bond motifs is 3. The fourth-order valence-corrected chi connectivity index (χ4v) is 3.98. The van der Waals surface area contributed by atoms with E-state index in [0.29, 0.717) is 0 Å². The average Bonchev–Trinajstić information content (AvgIpc) is 2.86. The molecule has 94 valence electrons. The molecule has 2 heteroatoms. The summed E-state index contributed by atoms with van der Waals surface area (Å²) in [6.45, 7) is 0. The Hall–Kier alpha value is -2.06. The highest BCUT2D eigenvalue weighted by atomic mass is 32.1. The summed E-state index contributed by atoms with van der Waals surface area (Å²) >= 11 is 1.89. The predicted molar refractivity (Wildman–Crippen MR) is 92.9 cm³/mol. The number of hydrogen-bond acceptors (Lipinski definition) is 1. The van der Waals surface area contributed by atoms with Crippen molar-refractivity contribution in [3.8, 4) is 11.1 Å². The molecule has 0 spiro atoms. The minimum Gasteiger partial charge on any atom is -0.135 e. The van der Waals surface area contributed by atoms with Crippen LogP contribution in [0.5, 0.6) is 0 Å². The van der Waals surface area contributed by atoms with E-state index in [-0.39, 0.29) is 0 Å². The van der Waals surface area contributed by atoms with Crippen LogP contribution >= 0.6 is 11.3 Å². The largest absolute Gasteiger partial charge is 0.139 e. The molecule has 1 heterocycles. The quantitative estimate of drug-likeness (QED) is 0.460. The van der Waals surface area contributed by atoms with Gasteiger partial charge in [0.1, 0.15) is 7.85 Å². The van der Waals surface area contributed by atoms with Crippen LogP contribution in [0.1, 0.15) is 0 Å². The van der Waals surface area contributed by atoms with E-state index in [1.807, 2.05) is 11.3 Å². The predicted octanol–water partition coefficient (Wildman–Crippen LogP) is 3.98. The third-order valence-corrected chi connectivity index (χ3v) is 4.96. The fourth-order valence-electron chi connectivity index (χ4n) is 2.76. The summed E-state index contributed by atoms with van der Waals surface area (Å²) in [5, 5.41) is 2.75. The first kappa shape index (κ1) is 11.7. The second-order valence-electron chi connectivity index (χ2n) is 5.15. The maximum absolute atomic E-state index is 2.29. The van der Waals surface area contributed by atoms with Crippen LogP contribution in [0.15, 0.2) is 66.7 Å². The van der Waals surface area contributed by atoms with E-state index in [0.717, 1.165) is 0 Å². The first-order valence-electron chi connectivity index (χ1n) is 6.80. The van der Waals surface area contributed by atoms with Gasteiger partial charge in [0.25, 0.3) is 0 Å². The minimum absolute atomic E-state index is 1.29. The lowest BCUT2D eigenvalue weighted by molar-refractivity contribution is 1.67. The van der Waals surface area contributed by atoms with Gasteiger partial charge in [0.2, 0.25) is 0 Å². The van der Waals surface area contributed by atoms with E-state index in [4.69, 9.17) is 0 Å². The van der Waals surface area contributed by atoms with Gasteiger partial charge in [0.15, 0.2) is 0 Å². The van der Waals surface area contributed by atoms with Crippen molar-refractivity contribution in [2.75, 3.05) is 0 Å². The van der Waals surface area contributed by atoms with Gasteiger partial charge in [0.05, 0.1) is 0 Å². The van der Waals surface area contributed by atoms with E-state index in [9.17, 15) is 0 Å². The molecule has 0 aliphatic heterocycles. The average molecular weight is 272 g/mol. The number of rotatable bonds is 1. The molecule has 0 N–H and O–H groups in total. The number of benzene rings is 3. The molecule has 0 unspecified atom stereocenters. The summed E-state index contributed by atoms with van der Waals surface area (Å²) in [7, 11) is 2.16. The standard InChI is InChI=1S/C18H13BS/c19-13-9-10-17-16(11-13)15-8-4-7-14(18(15)20-17)12-5-2-1-3-6-12/h1-11H,19H2. The molecule has 0 amide bonds. The van der Waals surface area contributed by atoms with Crippen LogP contribution in [0.2, 0.25) is 0 Å². The van der Waals surface area contributed by atoms with Gasteiger partial charge in [-0.05, 0) is 22.6 Å². The Morgan fingerprint density at radius 3 is 2.45 bits per heavy atom. The van der Waals surface area contributed by atoms with Gasteiger partial charge in [0, 0.05) is 14.8 Å². The molecule has 0 fully saturated rings. The molecule has 0 aliphatic rings. The molecule has 0 nitrogen and oxygen atoms in total. The highest BCUT2D eigenvalue weighted by Gasteiger charge is 2.09. The van der Waals surface area contributed by atoms with Crippen molar-refractivity contribution in [2.24, 2.45) is 0 Å². The normalized spacial score (nSPS) is 11.2. The van der Waals surface area contributed by atoms with Crippen molar-refractivity contribution >= 4 is 44.8 Å². The van der Waals surface area contributed by atoms with Crippen LogP contribution in [-0.4, -0.2) is 7.85 Å². The van der Waals surface area contributed by atoms with Gasteiger partial charge < -0.3 is 0 Å². The maximum atomic E-state index is 2.29. The lowest BCUT2D eigenvalue weighted by atomic mass is 9.94. The number of thiophene rings is 1. The second kappa shape index (κ2) is 4.50. The second-order valence-corrected chi connectivity index (χ2v) is 6.20. The lowest BCUT2D eigenvalue weighted by Gasteiger charge is -2.02. The van der Waals surface area contributed by atoms with E-state index in [2.05, 4.69) is 74.6 Å². The zero-order valence-electron chi connectivity index (χ0n) is 11.3. The summed E-state index contributed by atoms with van der Waals surface area (Å²) in [4.78, 5) is 0. The van der Waals surface area contributed by atoms with E-state index < -0.39 is 0 Å². The molecular weight excluding hydrogens is 259 g/mol. The Bertz CT molecular complexity index is 907. The molecule has 0 bridgehead atoms. The van der Waals surface area contributed by atoms with E-state index >= 15 is 0 Å². The molecule has 4 rings (SSSR count). The van der Waals surface area contributed by atoms with Crippen LogP contribution in [0.25, 0.3) is 31.3 Å². The van der Waals surface area contributed by atoms with E-state index in [1.165, 1.54) is 36.8 Å². The van der Waals surface area contributed by atoms with Crippen LogP contribution in [0.4, 0.5) is 0 Å². The van der Waals surface area contributed by atoms with Gasteiger partial charge in [-0.25, -0.2) is 0 Å². The van der Waals surface area contributed by atoms with Gasteiger partial charge >= 0.3 is 0 Å². The Labute approximate surface area is 123 Å². The monoisotopic (exact) mass is 272 g/mol. The highest BCUT2D eigenvalue weighted by molar-refractivity contribution is 7.26. The Morgan fingerprint density at radius 1 is 0.750 bits per heavy atom. The van der Waals surface area contributed by atoms with Gasteiger partial charge in [-0.1, -0.05) is 66.1 Å². The molecule has 0 atom stereocenters. The smallest absolute Gasteiger partial charge is 0.135 e. The Balaban J connectivity index is 2.11. The highest BCUT2D eigenvalue weighted by Crippen LogP contribution is 2.39. The fraction of sp³-hybridized carbons (Fsp3) is 0. The molecular formula is C18H13BS. The zero-order valence-corrected chi connectivity index (χ0v) is 12.1. The first-order chi connectivity index (χ1) is 9.83. The van der Waals surface area contributed by atoms with Crippen LogP contribution in [-0.2, 0) is 0 Å². The molecule has 0 saturated carbocycles. The number of hydrogen-bond donors (Lipinski definition) is 0. The molecule has 20 heavy (non-hydrogen) atoms. The van der Waals surface area contributed by atoms with Crippen molar-refractivity contribution in [3.05, 3.63) is 66.7 Å². The minimum atomic E-state index is 1.29. The van der Waals surface area contributed by atoms with Crippen LogP contribution in [0.3, 0.4) is 0 Å². The zero-order chi connectivity index (χ0) is 13.5. The van der Waals surface area contributed by atoms with Crippen molar-refractivity contribution in [3.63, 3.8) is 0 Å². The molecule has 0 aliphatic carbocycles. The Morgan fingerprint density at radius 2 is 1.60 bits per heavy atom. The SMILES string of the molecule is Bc1ccc2sc3c(-c4ccccc4)cccc3c2c1. The van der Waals surface area contributed by atoms with Crippen molar-refractivity contribution in [1.29, 1.82) is 0 Å². The summed E-state index contributed by atoms with van der Waals surface area (Å²) in [6, 6.07) is 24.0. The summed E-state index contributed by atoms with van der Waals surface area (Å²) in [6.07, 6.45) is 0. The summed E-state index contributed by atoms with van der Waals surface area (Å²) < 4.78 is 2.76. The van der Waals surface area contributed by atoms with Crippen molar-refractivity contribution in [2.45, 2.75) is 0 Å². The van der Waals surface area contributed by atoms with E-state index in [1.54, 1.807) is 0 Å². The topological polar surface area (TPSA) is 0 Å². The Kier molecular flexibility index (Phi) is 2.64.